The molecule has 1 saturated heterocycles. The van der Waals surface area contributed by atoms with E-state index in [-0.39, 0.29) is 11.7 Å². The monoisotopic (exact) mass is 433 g/mol. The molecular formula is C20H27N5O4S. The van der Waals surface area contributed by atoms with Crippen molar-refractivity contribution in [2.45, 2.75) is 19.4 Å². The zero-order valence-corrected chi connectivity index (χ0v) is 17.6. The second-order valence-electron chi connectivity index (χ2n) is 8.35. The Balaban J connectivity index is 1.27. The minimum Gasteiger partial charge on any atom is -0.383 e. The first-order chi connectivity index (χ1) is 14.2. The lowest BCUT2D eigenvalue weighted by Crippen LogP contribution is -2.36. The molecule has 0 spiro atoms. The summed E-state index contributed by atoms with van der Waals surface area (Å²) in [6.45, 7) is 4.90. The number of nitrogens with one attached hydrogen (secondary N) is 1. The van der Waals surface area contributed by atoms with E-state index in [0.717, 1.165) is 25.2 Å². The number of anilines is 1. The molecule has 4 N–H and O–H groups in total. The van der Waals surface area contributed by atoms with Gasteiger partial charge in [-0.05, 0) is 61.4 Å². The smallest absolute Gasteiger partial charge is 0.354 e. The van der Waals surface area contributed by atoms with Crippen LogP contribution in [-0.4, -0.2) is 59.0 Å². The molecule has 0 amide bonds. The van der Waals surface area contributed by atoms with Gasteiger partial charge in [0.25, 0.3) is 10.1 Å². The standard InChI is InChI=1S/C20H27N5O4S/c1-13(24-10-17-16(18(17)11-24)9-22-12-30(27,28)29)8-14-2-4-15(5-3-14)25-7-6-19(21)23-20(25)26/h2-7,13,16-18,22H,8-12H2,1H3,(H2,21,23,26)(H,27,28,29)/t13?,16-,17-,18+. The van der Waals surface area contributed by atoms with Crippen molar-refractivity contribution in [3.05, 3.63) is 52.6 Å². The van der Waals surface area contributed by atoms with Crippen LogP contribution in [-0.2, 0) is 16.5 Å². The summed E-state index contributed by atoms with van der Waals surface area (Å²) in [4.78, 5) is 18.2. The van der Waals surface area contributed by atoms with Crippen molar-refractivity contribution in [3.8, 4) is 5.69 Å². The van der Waals surface area contributed by atoms with E-state index in [0.29, 0.717) is 30.3 Å². The van der Waals surface area contributed by atoms with E-state index in [4.69, 9.17) is 10.3 Å². The molecule has 4 rings (SSSR count). The highest BCUT2D eigenvalue weighted by molar-refractivity contribution is 7.85. The molecule has 1 unspecified atom stereocenters. The number of aromatic nitrogens is 2. The van der Waals surface area contributed by atoms with E-state index in [1.165, 1.54) is 10.1 Å². The summed E-state index contributed by atoms with van der Waals surface area (Å²) in [7, 11) is -3.95. The highest BCUT2D eigenvalue weighted by Crippen LogP contribution is 2.51. The van der Waals surface area contributed by atoms with Crippen LogP contribution in [0.5, 0.6) is 0 Å². The number of hydrogen-bond acceptors (Lipinski definition) is 7. The van der Waals surface area contributed by atoms with Gasteiger partial charge in [-0.3, -0.25) is 14.0 Å². The van der Waals surface area contributed by atoms with Crippen molar-refractivity contribution in [3.63, 3.8) is 0 Å². The van der Waals surface area contributed by atoms with E-state index >= 15 is 0 Å². The Bertz CT molecular complexity index is 1060. The molecule has 0 radical (unpaired) electrons. The van der Waals surface area contributed by atoms with Crippen LogP contribution >= 0.6 is 0 Å². The largest absolute Gasteiger partial charge is 0.383 e. The van der Waals surface area contributed by atoms with E-state index in [2.05, 4.69) is 22.1 Å². The summed E-state index contributed by atoms with van der Waals surface area (Å²) in [6, 6.07) is 9.90. The first kappa shape index (κ1) is 21.0. The topological polar surface area (TPSA) is 131 Å². The van der Waals surface area contributed by atoms with Crippen molar-refractivity contribution < 1.29 is 13.0 Å². The molecule has 1 aromatic carbocycles. The number of benzene rings is 1. The SMILES string of the molecule is CC(Cc1ccc(-n2ccc(N)nc2=O)cc1)N1C[C@@H]2[C@@H](CNCS(=O)(=O)O)[C@@H]2C1. The summed E-state index contributed by atoms with van der Waals surface area (Å²) in [5.41, 5.74) is 7.10. The van der Waals surface area contributed by atoms with Crippen LogP contribution in [0.15, 0.2) is 41.3 Å². The molecule has 2 heterocycles. The Kier molecular flexibility index (Phi) is 5.67. The maximum Gasteiger partial charge on any atom is 0.354 e. The van der Waals surface area contributed by atoms with Gasteiger partial charge >= 0.3 is 5.69 Å². The summed E-state index contributed by atoms with van der Waals surface area (Å²) in [6.07, 6.45) is 2.54. The first-order valence-electron chi connectivity index (χ1n) is 10.1. The Labute approximate surface area is 175 Å². The molecule has 9 nitrogen and oxygen atoms in total. The second kappa shape index (κ2) is 8.10. The Hall–Kier alpha value is -2.27. The fraction of sp³-hybridized carbons (Fsp3) is 0.500. The number of nitrogens with two attached hydrogens (primary N) is 1. The van der Waals surface area contributed by atoms with Gasteiger partial charge in [0.15, 0.2) is 0 Å². The lowest BCUT2D eigenvalue weighted by Gasteiger charge is -2.27. The molecule has 2 aromatic rings. The van der Waals surface area contributed by atoms with Crippen LogP contribution in [0.25, 0.3) is 5.69 Å². The molecule has 1 aliphatic carbocycles. The molecule has 2 aliphatic rings. The van der Waals surface area contributed by atoms with Gasteiger partial charge in [-0.2, -0.15) is 13.4 Å². The van der Waals surface area contributed by atoms with Crippen molar-refractivity contribution >= 4 is 15.9 Å². The van der Waals surface area contributed by atoms with Gasteiger partial charge in [0.2, 0.25) is 0 Å². The molecule has 162 valence electrons. The van der Waals surface area contributed by atoms with Gasteiger partial charge in [-0.25, -0.2) is 4.79 Å². The van der Waals surface area contributed by atoms with Crippen molar-refractivity contribution in [1.82, 2.24) is 19.8 Å². The summed E-state index contributed by atoms with van der Waals surface area (Å²) < 4.78 is 31.8. The fourth-order valence-electron chi connectivity index (χ4n) is 4.57. The first-order valence-corrected chi connectivity index (χ1v) is 11.7. The zero-order valence-electron chi connectivity index (χ0n) is 16.8. The number of fused-ring (bicyclic) bond motifs is 1. The maximum absolute atomic E-state index is 12.0. The summed E-state index contributed by atoms with van der Waals surface area (Å²) in [5.74, 6) is 1.54. The van der Waals surface area contributed by atoms with Crippen molar-refractivity contribution in [2.24, 2.45) is 17.8 Å². The van der Waals surface area contributed by atoms with Crippen molar-refractivity contribution in [2.75, 3.05) is 31.2 Å². The Morgan fingerprint density at radius 2 is 1.90 bits per heavy atom. The lowest BCUT2D eigenvalue weighted by atomic mass is 10.0. The molecule has 1 saturated carbocycles. The van der Waals surface area contributed by atoms with Gasteiger partial charge in [0, 0.05) is 25.3 Å². The third-order valence-corrected chi connectivity index (χ3v) is 6.83. The predicted octanol–water partition coefficient (Wildman–Crippen LogP) is 0.358. The van der Waals surface area contributed by atoms with Gasteiger partial charge in [-0.15, -0.1) is 0 Å². The van der Waals surface area contributed by atoms with Crippen LogP contribution in [0.3, 0.4) is 0 Å². The number of hydrogen-bond donors (Lipinski definition) is 3. The van der Waals surface area contributed by atoms with E-state index in [1.54, 1.807) is 12.3 Å². The number of piperidine rings is 1. The number of nitrogens with zero attached hydrogens (tertiary/aromatic N) is 3. The summed E-state index contributed by atoms with van der Waals surface area (Å²) in [5, 5.41) is 2.83. The van der Waals surface area contributed by atoms with Crippen LogP contribution in [0.1, 0.15) is 12.5 Å². The van der Waals surface area contributed by atoms with E-state index < -0.39 is 15.8 Å². The molecule has 2 fully saturated rings. The quantitative estimate of drug-likeness (QED) is 0.509. The minimum absolute atomic E-state index is 0.210. The third kappa shape index (κ3) is 4.72. The minimum atomic E-state index is -3.95. The molecule has 1 aliphatic heterocycles. The lowest BCUT2D eigenvalue weighted by molar-refractivity contribution is 0.218. The van der Waals surface area contributed by atoms with Gasteiger partial charge < -0.3 is 11.1 Å². The van der Waals surface area contributed by atoms with Crippen LogP contribution in [0.2, 0.25) is 0 Å². The number of rotatable bonds is 8. The zero-order chi connectivity index (χ0) is 21.5. The van der Waals surface area contributed by atoms with Gasteiger partial charge in [-0.1, -0.05) is 12.1 Å². The fourth-order valence-corrected chi connectivity index (χ4v) is 4.95. The molecule has 30 heavy (non-hydrogen) atoms. The van der Waals surface area contributed by atoms with Crippen LogP contribution < -0.4 is 16.7 Å². The van der Waals surface area contributed by atoms with E-state index in [1.807, 2.05) is 24.3 Å². The number of nitrogen functional groups attached to an aromatic ring is 1. The van der Waals surface area contributed by atoms with Gasteiger partial charge in [0.1, 0.15) is 11.7 Å². The number of likely N-dealkylation sites (tertiary alicyclic amines) is 1. The van der Waals surface area contributed by atoms with Crippen LogP contribution in [0.4, 0.5) is 5.82 Å². The van der Waals surface area contributed by atoms with E-state index in [9.17, 15) is 13.2 Å². The predicted molar refractivity (Wildman–Crippen MR) is 114 cm³/mol. The summed E-state index contributed by atoms with van der Waals surface area (Å²) >= 11 is 0. The molecule has 1 aromatic heterocycles. The third-order valence-electron chi connectivity index (χ3n) is 6.26. The molecule has 10 heteroatoms. The Morgan fingerprint density at radius 3 is 2.50 bits per heavy atom. The molecular weight excluding hydrogens is 406 g/mol. The normalized spacial score (nSPS) is 24.5. The second-order valence-corrected chi connectivity index (χ2v) is 9.80. The highest BCUT2D eigenvalue weighted by atomic mass is 32.2. The molecule has 0 bridgehead atoms. The maximum atomic E-state index is 12.0. The van der Waals surface area contributed by atoms with Gasteiger partial charge in [0.05, 0.1) is 5.69 Å². The average molecular weight is 434 g/mol. The van der Waals surface area contributed by atoms with Crippen LogP contribution in [0, 0.1) is 17.8 Å². The highest BCUT2D eigenvalue weighted by Gasteiger charge is 2.55. The average Bonchev–Trinajstić information content (AvgIpc) is 3.11. The Morgan fingerprint density at radius 1 is 1.23 bits per heavy atom. The van der Waals surface area contributed by atoms with Crippen molar-refractivity contribution in [1.29, 1.82) is 0 Å². The molecule has 4 atom stereocenters.